The van der Waals surface area contributed by atoms with Gasteiger partial charge in [0.25, 0.3) is 0 Å². The summed E-state index contributed by atoms with van der Waals surface area (Å²) < 4.78 is 5.32. The van der Waals surface area contributed by atoms with E-state index in [-0.39, 0.29) is 12.1 Å². The summed E-state index contributed by atoms with van der Waals surface area (Å²) in [5.74, 6) is 0.318. The summed E-state index contributed by atoms with van der Waals surface area (Å²) >= 11 is 0. The third-order valence-corrected chi connectivity index (χ3v) is 2.21. The quantitative estimate of drug-likeness (QED) is 0.651. The second-order valence-corrected chi connectivity index (χ2v) is 6.00. The molecule has 0 fully saturated rings. The second-order valence-electron chi connectivity index (χ2n) is 6.00. The van der Waals surface area contributed by atoms with E-state index in [1.54, 1.807) is 0 Å². The van der Waals surface area contributed by atoms with Crippen LogP contribution in [0.25, 0.3) is 0 Å². The third kappa shape index (κ3) is 9.77. The minimum Gasteiger partial charge on any atom is -0.463 e. The van der Waals surface area contributed by atoms with E-state index < -0.39 is 0 Å². The van der Waals surface area contributed by atoms with E-state index in [0.29, 0.717) is 17.8 Å². The van der Waals surface area contributed by atoms with E-state index in [2.05, 4.69) is 20.8 Å². The number of carbonyl (C=O) groups excluding carboxylic acids is 1. The Kier molecular flexibility index (Phi) is 5.92. The molecule has 0 bridgehead atoms. The molecule has 1 atom stereocenters. The highest BCUT2D eigenvalue weighted by Crippen LogP contribution is 2.22. The van der Waals surface area contributed by atoms with E-state index in [1.165, 1.54) is 0 Å². The van der Waals surface area contributed by atoms with Crippen molar-refractivity contribution in [3.63, 3.8) is 0 Å². The molecule has 0 aromatic carbocycles. The van der Waals surface area contributed by atoms with Crippen LogP contribution in [0.2, 0.25) is 0 Å². The highest BCUT2D eigenvalue weighted by atomic mass is 16.5. The molecule has 0 heterocycles. The molecule has 0 spiro atoms. The Morgan fingerprint density at radius 3 is 2.13 bits per heavy atom. The van der Waals surface area contributed by atoms with Crippen molar-refractivity contribution in [2.24, 2.45) is 11.3 Å². The van der Waals surface area contributed by atoms with Crippen LogP contribution in [0.15, 0.2) is 0 Å². The van der Waals surface area contributed by atoms with Gasteiger partial charge in [-0.15, -0.1) is 0 Å². The van der Waals surface area contributed by atoms with Gasteiger partial charge in [0.15, 0.2) is 0 Å². The van der Waals surface area contributed by atoms with Gasteiger partial charge in [-0.3, -0.25) is 4.79 Å². The van der Waals surface area contributed by atoms with Crippen LogP contribution in [0.4, 0.5) is 0 Å². The van der Waals surface area contributed by atoms with Crippen molar-refractivity contribution in [3.8, 4) is 0 Å². The fourth-order valence-corrected chi connectivity index (χ4v) is 1.30. The summed E-state index contributed by atoms with van der Waals surface area (Å²) in [6.45, 7) is 12.6. The summed E-state index contributed by atoms with van der Waals surface area (Å²) in [5.41, 5.74) is 0.318. The van der Waals surface area contributed by atoms with Gasteiger partial charge in [-0.25, -0.2) is 0 Å². The van der Waals surface area contributed by atoms with E-state index in [9.17, 15) is 4.79 Å². The molecule has 2 nitrogen and oxygen atoms in total. The smallest absolute Gasteiger partial charge is 0.306 e. The third-order valence-electron chi connectivity index (χ3n) is 2.21. The van der Waals surface area contributed by atoms with Crippen LogP contribution < -0.4 is 0 Å². The predicted molar refractivity (Wildman–Crippen MR) is 63.7 cm³/mol. The topological polar surface area (TPSA) is 26.3 Å². The molecule has 1 unspecified atom stereocenters. The molecule has 0 saturated heterocycles. The monoisotopic (exact) mass is 214 g/mol. The van der Waals surface area contributed by atoms with Crippen molar-refractivity contribution in [2.45, 2.75) is 66.9 Å². The van der Waals surface area contributed by atoms with Gasteiger partial charge in [-0.1, -0.05) is 34.6 Å². The Morgan fingerprint density at radius 2 is 1.73 bits per heavy atom. The van der Waals surface area contributed by atoms with E-state index in [1.807, 2.05) is 20.8 Å². The number of ether oxygens (including phenoxy) is 1. The van der Waals surface area contributed by atoms with Crippen LogP contribution in [-0.4, -0.2) is 12.1 Å². The van der Waals surface area contributed by atoms with Crippen molar-refractivity contribution < 1.29 is 9.53 Å². The first-order chi connectivity index (χ1) is 6.70. The fraction of sp³-hybridized carbons (Fsp3) is 0.923. The average Bonchev–Trinajstić information content (AvgIpc) is 1.97. The maximum absolute atomic E-state index is 11.4. The number of esters is 1. The summed E-state index contributed by atoms with van der Waals surface area (Å²) in [7, 11) is 0. The van der Waals surface area contributed by atoms with Crippen LogP contribution in [0, 0.1) is 11.3 Å². The van der Waals surface area contributed by atoms with E-state index in [4.69, 9.17) is 4.74 Å². The summed E-state index contributed by atoms with van der Waals surface area (Å²) in [4.78, 5) is 11.4. The molecular weight excluding hydrogens is 188 g/mol. The van der Waals surface area contributed by atoms with Crippen LogP contribution in [0.5, 0.6) is 0 Å². The largest absolute Gasteiger partial charge is 0.463 e. The van der Waals surface area contributed by atoms with Crippen molar-refractivity contribution in [2.75, 3.05) is 0 Å². The Balaban J connectivity index is 3.74. The SMILES string of the molecule is CC(C)CC(=O)OC(C)CCC(C)(C)C. The molecule has 0 aromatic heterocycles. The molecule has 0 aliphatic rings. The molecule has 0 aromatic rings. The standard InChI is InChI=1S/C13H26O2/c1-10(2)9-12(14)15-11(3)7-8-13(4,5)6/h10-11H,7-9H2,1-6H3. The molecular formula is C13H26O2. The summed E-state index contributed by atoms with van der Waals surface area (Å²) in [5, 5.41) is 0. The number of hydrogen-bond donors (Lipinski definition) is 0. The van der Waals surface area contributed by atoms with Crippen LogP contribution >= 0.6 is 0 Å². The molecule has 2 heteroatoms. The molecule has 0 aliphatic heterocycles. The van der Waals surface area contributed by atoms with Gasteiger partial charge in [0.2, 0.25) is 0 Å². The number of rotatable bonds is 5. The lowest BCUT2D eigenvalue weighted by molar-refractivity contribution is -0.149. The summed E-state index contributed by atoms with van der Waals surface area (Å²) in [6, 6.07) is 0. The maximum atomic E-state index is 11.4. The number of hydrogen-bond acceptors (Lipinski definition) is 2. The highest BCUT2D eigenvalue weighted by molar-refractivity contribution is 5.69. The average molecular weight is 214 g/mol. The predicted octanol–water partition coefficient (Wildman–Crippen LogP) is 3.79. The Morgan fingerprint density at radius 1 is 1.20 bits per heavy atom. The lowest BCUT2D eigenvalue weighted by Gasteiger charge is -2.21. The van der Waals surface area contributed by atoms with Crippen LogP contribution in [0.1, 0.15) is 60.8 Å². The van der Waals surface area contributed by atoms with Crippen molar-refractivity contribution >= 4 is 5.97 Å². The normalized spacial score (nSPS) is 14.1. The minimum atomic E-state index is -0.0635. The second kappa shape index (κ2) is 6.14. The van der Waals surface area contributed by atoms with Crippen LogP contribution in [0.3, 0.4) is 0 Å². The molecule has 0 amide bonds. The first kappa shape index (κ1) is 14.5. The van der Waals surface area contributed by atoms with Gasteiger partial charge in [0.1, 0.15) is 0 Å². The zero-order valence-corrected chi connectivity index (χ0v) is 11.1. The van der Waals surface area contributed by atoms with Gasteiger partial charge in [-0.2, -0.15) is 0 Å². The van der Waals surface area contributed by atoms with Gasteiger partial charge < -0.3 is 4.74 Å². The Hall–Kier alpha value is -0.530. The first-order valence-electron chi connectivity index (χ1n) is 5.90. The summed E-state index contributed by atoms with van der Waals surface area (Å²) in [6.07, 6.45) is 2.62. The van der Waals surface area contributed by atoms with Crippen molar-refractivity contribution in [3.05, 3.63) is 0 Å². The molecule has 0 rings (SSSR count). The molecule has 0 radical (unpaired) electrons. The van der Waals surface area contributed by atoms with E-state index in [0.717, 1.165) is 12.8 Å². The lowest BCUT2D eigenvalue weighted by atomic mass is 9.89. The minimum absolute atomic E-state index is 0.0514. The van der Waals surface area contributed by atoms with Crippen molar-refractivity contribution in [1.29, 1.82) is 0 Å². The molecule has 15 heavy (non-hydrogen) atoms. The highest BCUT2D eigenvalue weighted by Gasteiger charge is 2.15. The molecule has 0 N–H and O–H groups in total. The molecule has 90 valence electrons. The fourth-order valence-electron chi connectivity index (χ4n) is 1.30. The van der Waals surface area contributed by atoms with E-state index >= 15 is 0 Å². The van der Waals surface area contributed by atoms with Gasteiger partial charge in [-0.05, 0) is 31.1 Å². The zero-order valence-electron chi connectivity index (χ0n) is 11.1. The molecule has 0 saturated carbocycles. The van der Waals surface area contributed by atoms with Crippen LogP contribution in [-0.2, 0) is 9.53 Å². The van der Waals surface area contributed by atoms with Gasteiger partial charge in [0.05, 0.1) is 6.10 Å². The van der Waals surface area contributed by atoms with Gasteiger partial charge >= 0.3 is 5.97 Å². The molecule has 0 aliphatic carbocycles. The van der Waals surface area contributed by atoms with Crippen molar-refractivity contribution in [1.82, 2.24) is 0 Å². The Bertz CT molecular complexity index is 189. The van der Waals surface area contributed by atoms with Gasteiger partial charge in [0, 0.05) is 6.42 Å². The number of carbonyl (C=O) groups is 1. The zero-order chi connectivity index (χ0) is 12.1. The first-order valence-corrected chi connectivity index (χ1v) is 5.90. The maximum Gasteiger partial charge on any atom is 0.306 e. The lowest BCUT2D eigenvalue weighted by Crippen LogP contribution is -2.18. The Labute approximate surface area is 94.4 Å².